The summed E-state index contributed by atoms with van der Waals surface area (Å²) in [5.74, 6) is 0. The molecule has 17 heteroatoms. The molecule has 0 aromatic carbocycles. The zero-order valence-corrected chi connectivity index (χ0v) is 17.5. The summed E-state index contributed by atoms with van der Waals surface area (Å²) in [5, 5.41) is 0. The normalized spacial score (nSPS) is 11.0. The molecule has 0 saturated carbocycles. The van der Waals surface area contributed by atoms with E-state index in [4.69, 9.17) is 43.5 Å². The van der Waals surface area contributed by atoms with Crippen LogP contribution in [0.1, 0.15) is 0 Å². The van der Waals surface area contributed by atoms with E-state index < -0.39 is 40.5 Å². The Morgan fingerprint density at radius 1 is 0.571 bits per heavy atom. The molecule has 0 aliphatic heterocycles. The predicted molar refractivity (Wildman–Crippen MR) is 64.3 cm³/mol. The summed E-state index contributed by atoms with van der Waals surface area (Å²) in [6.07, 6.45) is 2.53. The van der Waals surface area contributed by atoms with Crippen LogP contribution in [0.25, 0.3) is 0 Å². The minimum absolute atomic E-state index is 0. The van der Waals surface area contributed by atoms with Gasteiger partial charge in [-0.2, -0.15) is 8.42 Å². The first kappa shape index (κ1) is 33.6. The fraction of sp³-hybridized carbons (Fsp3) is 1.00. The number of hydrogen-bond acceptors (Lipinski definition) is 11. The van der Waals surface area contributed by atoms with Crippen LogP contribution in [0.5, 0.6) is 0 Å². The molecule has 0 spiro atoms. The topological polar surface area (TPSA) is 226 Å². The van der Waals surface area contributed by atoms with E-state index in [-0.39, 0.29) is 41.7 Å². The second-order valence-corrected chi connectivity index (χ2v) is 8.54. The fourth-order valence-corrected chi connectivity index (χ4v) is 0. The van der Waals surface area contributed by atoms with E-state index >= 15 is 0 Å². The second kappa shape index (κ2) is 13.5. The van der Waals surface area contributed by atoms with Crippen molar-refractivity contribution < 1.29 is 93.6 Å². The van der Waals surface area contributed by atoms with Crippen molar-refractivity contribution in [2.75, 3.05) is 25.0 Å². The quantitative estimate of drug-likeness (QED) is 0.314. The van der Waals surface area contributed by atoms with E-state index in [9.17, 15) is 8.42 Å². The van der Waals surface area contributed by atoms with E-state index in [0.29, 0.717) is 25.0 Å². The molecule has 0 bridgehead atoms. The molecule has 0 amide bonds. The molecule has 1 radical (unpaired) electrons. The largest absolute Gasteiger partial charge is 3.00 e. The van der Waals surface area contributed by atoms with Gasteiger partial charge in [0, 0.05) is 18.8 Å². The van der Waals surface area contributed by atoms with E-state index in [0.717, 1.165) is 0 Å². The first-order chi connectivity index (χ1) is 8.00. The van der Waals surface area contributed by atoms with Crippen LogP contribution >= 0.6 is 0 Å². The van der Waals surface area contributed by atoms with Crippen LogP contribution in [0.4, 0.5) is 0 Å². The summed E-state index contributed by atoms with van der Waals surface area (Å²) in [6.45, 7) is 0. The average Bonchev–Trinajstić information content (AvgIpc) is 1.62. The first-order valence-electron chi connectivity index (χ1n) is 3.65. The first-order valence-corrected chi connectivity index (χ1v) is 10.9. The van der Waals surface area contributed by atoms with Crippen LogP contribution in [0, 0.1) is 41.7 Å². The maximum atomic E-state index is 9.19. The Kier molecular flexibility index (Phi) is 21.5. The standard InChI is InChI=1S/4CH4O3S.Ce/c4*1-5(2,3)4;/h4*1H3,(H,2,3,4);/q;;;;+3/p-3. The van der Waals surface area contributed by atoms with Crippen LogP contribution < -0.4 is 0 Å². The van der Waals surface area contributed by atoms with Gasteiger partial charge in [0.2, 0.25) is 0 Å². The second-order valence-electron chi connectivity index (χ2n) is 2.85. The Bertz CT molecular complexity index is 486. The Morgan fingerprint density at radius 3 is 0.571 bits per heavy atom. The van der Waals surface area contributed by atoms with Crippen LogP contribution in [-0.4, -0.2) is 76.9 Å². The molecule has 21 heavy (non-hydrogen) atoms. The molecule has 1 N–H and O–H groups in total. The van der Waals surface area contributed by atoms with Crippen molar-refractivity contribution in [2.45, 2.75) is 0 Å². The van der Waals surface area contributed by atoms with E-state index in [1.54, 1.807) is 0 Å². The molecule has 12 nitrogen and oxygen atoms in total. The Labute approximate surface area is 157 Å². The van der Waals surface area contributed by atoms with Gasteiger partial charge in [-0.1, -0.05) is 0 Å². The molecule has 0 unspecified atom stereocenters. The van der Waals surface area contributed by atoms with Crippen LogP contribution in [0.2, 0.25) is 0 Å². The molecule has 0 atom stereocenters. The average molecular weight is 522 g/mol. The molecule has 0 aromatic heterocycles. The van der Waals surface area contributed by atoms with Gasteiger partial charge in [0.25, 0.3) is 10.1 Å². The van der Waals surface area contributed by atoms with Crippen molar-refractivity contribution >= 4 is 40.5 Å². The molecule has 129 valence electrons. The number of hydrogen-bond donors (Lipinski definition) is 1. The van der Waals surface area contributed by atoms with Gasteiger partial charge in [0.05, 0.1) is 36.6 Å². The summed E-state index contributed by atoms with van der Waals surface area (Å²) >= 11 is 0. The van der Waals surface area contributed by atoms with Crippen LogP contribution in [0.3, 0.4) is 0 Å². The van der Waals surface area contributed by atoms with Crippen molar-refractivity contribution in [1.29, 1.82) is 0 Å². The third-order valence-electron chi connectivity index (χ3n) is 0. The summed E-state index contributed by atoms with van der Waals surface area (Å²) in [4.78, 5) is 0. The van der Waals surface area contributed by atoms with Crippen molar-refractivity contribution in [2.24, 2.45) is 0 Å². The summed E-state index contributed by atoms with van der Waals surface area (Å²) < 4.78 is 108. The molecule has 0 aliphatic rings. The molecule has 0 rings (SSSR count). The van der Waals surface area contributed by atoms with Gasteiger partial charge in [0.15, 0.2) is 0 Å². The summed E-state index contributed by atoms with van der Waals surface area (Å²) in [6, 6.07) is 0. The van der Waals surface area contributed by atoms with Crippen molar-refractivity contribution in [3.05, 3.63) is 0 Å². The molecule has 0 fully saturated rings. The van der Waals surface area contributed by atoms with E-state index in [1.165, 1.54) is 0 Å². The van der Waals surface area contributed by atoms with Gasteiger partial charge >= 0.3 is 41.7 Å². The Balaban J connectivity index is -0.0000000533. The van der Waals surface area contributed by atoms with E-state index in [1.807, 2.05) is 0 Å². The van der Waals surface area contributed by atoms with Gasteiger partial charge in [-0.3, -0.25) is 4.55 Å². The van der Waals surface area contributed by atoms with Gasteiger partial charge in [-0.05, 0) is 0 Å². The molecule has 0 aliphatic carbocycles. The SMILES string of the molecule is CS(=O)(=O)O.CS(=O)(=O)[O-].CS(=O)(=O)[O-].CS(=O)(=O)[O-].[Ce+3]. The molecular formula is C4H13CeO12S4. The minimum atomic E-state index is -3.92. The maximum Gasteiger partial charge on any atom is 3.00 e. The third kappa shape index (κ3) is 7350. The maximum absolute atomic E-state index is 9.19. The monoisotopic (exact) mass is 521 g/mol. The van der Waals surface area contributed by atoms with Gasteiger partial charge in [-0.15, -0.1) is 0 Å². The molecule has 0 aromatic rings. The smallest absolute Gasteiger partial charge is 0.748 e. The summed E-state index contributed by atoms with van der Waals surface area (Å²) in [7, 11) is -15.4. The van der Waals surface area contributed by atoms with Crippen molar-refractivity contribution in [3.8, 4) is 0 Å². The predicted octanol–water partition coefficient (Wildman–Crippen LogP) is -3.01. The fourth-order valence-electron chi connectivity index (χ4n) is 0. The van der Waals surface area contributed by atoms with Crippen LogP contribution in [-0.2, 0) is 40.5 Å². The molecule has 0 saturated heterocycles. The van der Waals surface area contributed by atoms with Crippen molar-refractivity contribution in [1.82, 2.24) is 0 Å². The minimum Gasteiger partial charge on any atom is -0.748 e. The Hall–Kier alpha value is 1.02. The zero-order valence-electron chi connectivity index (χ0n) is 11.1. The Morgan fingerprint density at radius 2 is 0.571 bits per heavy atom. The van der Waals surface area contributed by atoms with Crippen LogP contribution in [0.15, 0.2) is 0 Å². The molecule has 0 heterocycles. The van der Waals surface area contributed by atoms with Gasteiger partial charge in [0.1, 0.15) is 0 Å². The summed E-state index contributed by atoms with van der Waals surface area (Å²) in [5.41, 5.74) is 0. The zero-order chi connectivity index (χ0) is 18.0. The number of rotatable bonds is 0. The molecular weight excluding hydrogens is 508 g/mol. The van der Waals surface area contributed by atoms with E-state index in [2.05, 4.69) is 0 Å². The van der Waals surface area contributed by atoms with Gasteiger partial charge in [-0.25, -0.2) is 25.3 Å². The van der Waals surface area contributed by atoms with Gasteiger partial charge < -0.3 is 13.7 Å². The third-order valence-corrected chi connectivity index (χ3v) is 0. The van der Waals surface area contributed by atoms with Crippen molar-refractivity contribution in [3.63, 3.8) is 0 Å².